The van der Waals surface area contributed by atoms with E-state index in [1.54, 1.807) is 18.2 Å². The molecule has 2 amide bonds. The first-order valence-electron chi connectivity index (χ1n) is 7.60. The number of benzene rings is 1. The van der Waals surface area contributed by atoms with Crippen LogP contribution in [0.15, 0.2) is 64.6 Å². The van der Waals surface area contributed by atoms with E-state index in [1.165, 1.54) is 23.6 Å². The maximum Gasteiger partial charge on any atom is 0.279 e. The summed E-state index contributed by atoms with van der Waals surface area (Å²) in [6, 6.07) is 16.1. The van der Waals surface area contributed by atoms with Gasteiger partial charge >= 0.3 is 0 Å². The lowest BCUT2D eigenvalue weighted by Gasteiger charge is -2.08. The molecule has 3 aromatic rings. The molecule has 0 aliphatic carbocycles. The first-order chi connectivity index (χ1) is 12.6. The molecule has 8 heteroatoms. The molecule has 0 unspecified atom stereocenters. The molecule has 0 saturated carbocycles. The zero-order chi connectivity index (χ0) is 18.4. The second-order valence-electron chi connectivity index (χ2n) is 5.17. The highest BCUT2D eigenvalue weighted by Gasteiger charge is 2.12. The van der Waals surface area contributed by atoms with Gasteiger partial charge in [0.25, 0.3) is 11.8 Å². The minimum absolute atomic E-state index is 0.329. The molecule has 0 spiro atoms. The van der Waals surface area contributed by atoms with Gasteiger partial charge in [0, 0.05) is 17.8 Å². The van der Waals surface area contributed by atoms with Gasteiger partial charge in [-0.15, -0.1) is 11.3 Å². The fourth-order valence-corrected chi connectivity index (χ4v) is 3.33. The minimum atomic E-state index is -0.457. The van der Waals surface area contributed by atoms with Crippen molar-refractivity contribution in [2.75, 3.05) is 0 Å². The molecule has 0 saturated heterocycles. The Morgan fingerprint density at radius 3 is 2.54 bits per heavy atom. The third-order valence-electron chi connectivity index (χ3n) is 3.31. The van der Waals surface area contributed by atoms with Crippen molar-refractivity contribution >= 4 is 39.1 Å². The molecule has 0 aliphatic rings. The van der Waals surface area contributed by atoms with Crippen LogP contribution in [-0.4, -0.2) is 16.8 Å². The molecule has 1 aromatic carbocycles. The van der Waals surface area contributed by atoms with Crippen LogP contribution in [0, 0.1) is 0 Å². The molecule has 6 nitrogen and oxygen atoms in total. The number of pyridine rings is 1. The zero-order valence-electron chi connectivity index (χ0n) is 13.4. The van der Waals surface area contributed by atoms with Gasteiger partial charge in [-0.3, -0.25) is 20.4 Å². The Labute approximate surface area is 162 Å². The number of halogens is 1. The first-order valence-corrected chi connectivity index (χ1v) is 9.21. The monoisotopic (exact) mass is 431 g/mol. The number of amides is 2. The van der Waals surface area contributed by atoms with Crippen LogP contribution in [0.5, 0.6) is 5.88 Å². The van der Waals surface area contributed by atoms with Crippen molar-refractivity contribution in [2.45, 2.75) is 6.61 Å². The Balaban J connectivity index is 1.56. The minimum Gasteiger partial charge on any atom is -0.473 e. The number of thiophene rings is 1. The smallest absolute Gasteiger partial charge is 0.279 e. The summed E-state index contributed by atoms with van der Waals surface area (Å²) >= 11 is 4.56. The second kappa shape index (κ2) is 8.59. The summed E-state index contributed by atoms with van der Waals surface area (Å²) in [5, 5.41) is 0. The molecule has 0 radical (unpaired) electrons. The fourth-order valence-electron chi connectivity index (χ4n) is 2.04. The summed E-state index contributed by atoms with van der Waals surface area (Å²) in [6.45, 7) is 0.350. The average molecular weight is 432 g/mol. The zero-order valence-corrected chi connectivity index (χ0v) is 15.8. The number of hydrogen-bond acceptors (Lipinski definition) is 5. The number of ether oxygens (including phenoxy) is 1. The maximum absolute atomic E-state index is 12.2. The van der Waals surface area contributed by atoms with Gasteiger partial charge in [-0.1, -0.05) is 30.3 Å². The molecule has 132 valence electrons. The lowest BCUT2D eigenvalue weighted by Crippen LogP contribution is -2.41. The van der Waals surface area contributed by atoms with Crippen molar-refractivity contribution in [3.63, 3.8) is 0 Å². The third-order valence-corrected chi connectivity index (χ3v) is 4.94. The normalized spacial score (nSPS) is 10.2. The van der Waals surface area contributed by atoms with Crippen LogP contribution in [0.4, 0.5) is 0 Å². The highest BCUT2D eigenvalue weighted by molar-refractivity contribution is 9.11. The molecule has 3 rings (SSSR count). The van der Waals surface area contributed by atoms with Crippen molar-refractivity contribution in [1.82, 2.24) is 15.8 Å². The maximum atomic E-state index is 12.2. The van der Waals surface area contributed by atoms with Crippen LogP contribution in [0.3, 0.4) is 0 Å². The Hall–Kier alpha value is -2.71. The number of rotatable bonds is 5. The van der Waals surface area contributed by atoms with E-state index in [-0.39, 0.29) is 5.91 Å². The van der Waals surface area contributed by atoms with Gasteiger partial charge in [0.15, 0.2) is 0 Å². The van der Waals surface area contributed by atoms with Crippen molar-refractivity contribution in [2.24, 2.45) is 0 Å². The lowest BCUT2D eigenvalue weighted by atomic mass is 10.2. The molecule has 0 aliphatic heterocycles. The fraction of sp³-hybridized carbons (Fsp3) is 0.0556. The van der Waals surface area contributed by atoms with Crippen LogP contribution in [0.2, 0.25) is 0 Å². The molecule has 2 N–H and O–H groups in total. The molecular weight excluding hydrogens is 418 g/mol. The predicted molar refractivity (Wildman–Crippen MR) is 102 cm³/mol. The molecule has 0 bridgehead atoms. The highest BCUT2D eigenvalue weighted by Crippen LogP contribution is 2.21. The van der Waals surface area contributed by atoms with E-state index in [0.29, 0.717) is 22.9 Å². The quantitative estimate of drug-likeness (QED) is 0.605. The van der Waals surface area contributed by atoms with E-state index >= 15 is 0 Å². The number of aromatic nitrogens is 1. The summed E-state index contributed by atoms with van der Waals surface area (Å²) in [5.41, 5.74) is 6.08. The van der Waals surface area contributed by atoms with Crippen LogP contribution in [0.1, 0.15) is 25.6 Å². The average Bonchev–Trinajstić information content (AvgIpc) is 3.12. The van der Waals surface area contributed by atoms with Crippen molar-refractivity contribution in [1.29, 1.82) is 0 Å². The van der Waals surface area contributed by atoms with Crippen molar-refractivity contribution in [3.05, 3.63) is 80.6 Å². The largest absolute Gasteiger partial charge is 0.473 e. The van der Waals surface area contributed by atoms with E-state index < -0.39 is 5.91 Å². The third kappa shape index (κ3) is 4.90. The molecular formula is C18H14BrN3O3S. The highest BCUT2D eigenvalue weighted by atomic mass is 79.9. The number of carbonyl (C=O) groups excluding carboxylic acids is 2. The summed E-state index contributed by atoms with van der Waals surface area (Å²) in [5.74, 6) is -0.514. The summed E-state index contributed by atoms with van der Waals surface area (Å²) in [6.07, 6.45) is 1.48. The molecule has 0 atom stereocenters. The van der Waals surface area contributed by atoms with Crippen LogP contribution in [0.25, 0.3) is 0 Å². The van der Waals surface area contributed by atoms with Crippen LogP contribution >= 0.6 is 27.3 Å². The van der Waals surface area contributed by atoms with E-state index in [2.05, 4.69) is 31.8 Å². The summed E-state index contributed by atoms with van der Waals surface area (Å²) in [7, 11) is 0. The topological polar surface area (TPSA) is 80.3 Å². The standard InChI is InChI=1S/C18H14BrN3O3S/c19-15-7-6-14(26-15)18(24)22-21-17(23)13-8-9-20-16(10-13)25-11-12-4-2-1-3-5-12/h1-10H,11H2,(H,21,23)(H,22,24). The van der Waals surface area contributed by atoms with Gasteiger partial charge in [-0.2, -0.15) is 0 Å². The number of carbonyl (C=O) groups is 2. The van der Waals surface area contributed by atoms with Crippen molar-refractivity contribution in [3.8, 4) is 5.88 Å². The first kappa shape index (κ1) is 18.1. The van der Waals surface area contributed by atoms with Gasteiger partial charge in [-0.25, -0.2) is 4.98 Å². The van der Waals surface area contributed by atoms with Gasteiger partial charge in [0.2, 0.25) is 5.88 Å². The van der Waals surface area contributed by atoms with Gasteiger partial charge in [0.05, 0.1) is 8.66 Å². The van der Waals surface area contributed by atoms with Crippen LogP contribution in [-0.2, 0) is 6.61 Å². The Morgan fingerprint density at radius 1 is 1.04 bits per heavy atom. The SMILES string of the molecule is O=C(NNC(=O)c1ccc(Br)s1)c1ccnc(OCc2ccccc2)c1. The Morgan fingerprint density at radius 2 is 1.81 bits per heavy atom. The van der Waals surface area contributed by atoms with E-state index in [1.807, 2.05) is 30.3 Å². The Kier molecular flexibility index (Phi) is 5.98. The van der Waals surface area contributed by atoms with E-state index in [4.69, 9.17) is 4.74 Å². The molecule has 2 heterocycles. The second-order valence-corrected chi connectivity index (χ2v) is 7.63. The van der Waals surface area contributed by atoms with Crippen LogP contribution < -0.4 is 15.6 Å². The van der Waals surface area contributed by atoms with Gasteiger partial charge < -0.3 is 4.74 Å². The lowest BCUT2D eigenvalue weighted by molar-refractivity contribution is 0.0848. The van der Waals surface area contributed by atoms with Gasteiger partial charge in [-0.05, 0) is 39.7 Å². The van der Waals surface area contributed by atoms with Crippen molar-refractivity contribution < 1.29 is 14.3 Å². The number of hydrogen-bond donors (Lipinski definition) is 2. The Bertz CT molecular complexity index is 915. The summed E-state index contributed by atoms with van der Waals surface area (Å²) in [4.78, 5) is 28.7. The molecule has 26 heavy (non-hydrogen) atoms. The molecule has 2 aromatic heterocycles. The van der Waals surface area contributed by atoms with Gasteiger partial charge in [0.1, 0.15) is 6.61 Å². The van der Waals surface area contributed by atoms with E-state index in [0.717, 1.165) is 9.35 Å². The molecule has 0 fully saturated rings. The summed E-state index contributed by atoms with van der Waals surface area (Å²) < 4.78 is 6.43. The number of hydrazine groups is 1. The number of nitrogens with one attached hydrogen (secondary N) is 2. The number of nitrogens with zero attached hydrogens (tertiary/aromatic N) is 1. The predicted octanol–water partition coefficient (Wildman–Crippen LogP) is 3.56. The van der Waals surface area contributed by atoms with E-state index in [9.17, 15) is 9.59 Å².